The highest BCUT2D eigenvalue weighted by atomic mass is 17.2. The molecule has 0 N–H and O–H groups in total. The van der Waals surface area contributed by atoms with E-state index in [1.807, 2.05) is 24.3 Å². The van der Waals surface area contributed by atoms with Gasteiger partial charge in [-0.15, -0.1) is 0 Å². The van der Waals surface area contributed by atoms with Crippen LogP contribution in [-0.4, -0.2) is 37.8 Å². The molecule has 0 spiro atoms. The van der Waals surface area contributed by atoms with Crippen molar-refractivity contribution in [3.8, 4) is 23.0 Å². The van der Waals surface area contributed by atoms with Crippen molar-refractivity contribution in [3.05, 3.63) is 36.2 Å². The Labute approximate surface area is 162 Å². The standard InChI is InChI=1S/C20H21N3O5/c1-5-23(13-7-6-12-10-27-28-15(12)8-13)20-14-9-16(24-2)18(25-3)19(26-4)17(14)21-11-22-20/h6-9,11H,5,10H2,1-4H3. The molecule has 3 aromatic rings. The molecule has 0 amide bonds. The predicted octanol–water partition coefficient (Wildman–Crippen LogP) is 3.64. The van der Waals surface area contributed by atoms with Gasteiger partial charge >= 0.3 is 0 Å². The summed E-state index contributed by atoms with van der Waals surface area (Å²) in [6.07, 6.45) is 1.52. The molecule has 0 saturated carbocycles. The maximum Gasteiger partial charge on any atom is 0.205 e. The maximum absolute atomic E-state index is 5.58. The van der Waals surface area contributed by atoms with Crippen LogP contribution in [0.3, 0.4) is 0 Å². The van der Waals surface area contributed by atoms with Crippen LogP contribution in [0.25, 0.3) is 10.9 Å². The van der Waals surface area contributed by atoms with Crippen LogP contribution >= 0.6 is 0 Å². The van der Waals surface area contributed by atoms with Crippen molar-refractivity contribution in [2.45, 2.75) is 13.5 Å². The number of aromatic nitrogens is 2. The zero-order valence-electron chi connectivity index (χ0n) is 16.2. The van der Waals surface area contributed by atoms with E-state index in [1.165, 1.54) is 6.33 Å². The summed E-state index contributed by atoms with van der Waals surface area (Å²) in [5, 5.41) is 0.788. The second-order valence-electron chi connectivity index (χ2n) is 6.12. The van der Waals surface area contributed by atoms with Crippen LogP contribution in [0.2, 0.25) is 0 Å². The van der Waals surface area contributed by atoms with Crippen LogP contribution in [0.1, 0.15) is 12.5 Å². The fraction of sp³-hybridized carbons (Fsp3) is 0.300. The Bertz CT molecular complexity index is 1020. The summed E-state index contributed by atoms with van der Waals surface area (Å²) in [6.45, 7) is 3.19. The summed E-state index contributed by atoms with van der Waals surface area (Å²) in [4.78, 5) is 21.3. The molecule has 0 radical (unpaired) electrons. The molecular weight excluding hydrogens is 362 g/mol. The monoisotopic (exact) mass is 383 g/mol. The Morgan fingerprint density at radius 2 is 1.86 bits per heavy atom. The molecule has 28 heavy (non-hydrogen) atoms. The van der Waals surface area contributed by atoms with Crippen LogP contribution in [0.5, 0.6) is 23.0 Å². The van der Waals surface area contributed by atoms with E-state index in [0.717, 1.165) is 22.5 Å². The summed E-state index contributed by atoms with van der Waals surface area (Å²) in [5.74, 6) is 2.98. The Balaban J connectivity index is 1.92. The summed E-state index contributed by atoms with van der Waals surface area (Å²) >= 11 is 0. The van der Waals surface area contributed by atoms with Crippen LogP contribution in [0.15, 0.2) is 30.6 Å². The highest BCUT2D eigenvalue weighted by Gasteiger charge is 2.23. The van der Waals surface area contributed by atoms with Gasteiger partial charge in [0.2, 0.25) is 5.75 Å². The number of ether oxygens (including phenoxy) is 3. The van der Waals surface area contributed by atoms with Gasteiger partial charge in [0.05, 0.1) is 26.7 Å². The van der Waals surface area contributed by atoms with Crippen molar-refractivity contribution < 1.29 is 24.0 Å². The molecule has 1 aliphatic heterocycles. The molecule has 8 heteroatoms. The molecule has 0 atom stereocenters. The summed E-state index contributed by atoms with van der Waals surface area (Å²) in [7, 11) is 4.73. The van der Waals surface area contributed by atoms with E-state index in [2.05, 4.69) is 21.8 Å². The van der Waals surface area contributed by atoms with E-state index in [4.69, 9.17) is 24.0 Å². The van der Waals surface area contributed by atoms with Gasteiger partial charge in [-0.3, -0.25) is 0 Å². The number of anilines is 2. The first-order chi connectivity index (χ1) is 13.7. The average Bonchev–Trinajstić information content (AvgIpc) is 3.21. The number of nitrogens with zero attached hydrogens (tertiary/aromatic N) is 3. The predicted molar refractivity (Wildman–Crippen MR) is 104 cm³/mol. The Morgan fingerprint density at radius 1 is 1.04 bits per heavy atom. The van der Waals surface area contributed by atoms with Crippen molar-refractivity contribution >= 4 is 22.4 Å². The molecule has 1 aromatic heterocycles. The quantitative estimate of drug-likeness (QED) is 0.597. The van der Waals surface area contributed by atoms with Crippen LogP contribution in [0.4, 0.5) is 11.5 Å². The Kier molecular flexibility index (Phi) is 4.79. The molecule has 1 aliphatic rings. The zero-order chi connectivity index (χ0) is 19.7. The lowest BCUT2D eigenvalue weighted by Crippen LogP contribution is -2.18. The van der Waals surface area contributed by atoms with Gasteiger partial charge in [0.1, 0.15) is 24.3 Å². The van der Waals surface area contributed by atoms with E-state index in [1.54, 1.807) is 21.3 Å². The fourth-order valence-corrected chi connectivity index (χ4v) is 3.38. The molecule has 2 aromatic carbocycles. The molecule has 0 bridgehead atoms. The molecule has 0 fully saturated rings. The molecular formula is C20H21N3O5. The highest BCUT2D eigenvalue weighted by Crippen LogP contribution is 2.45. The van der Waals surface area contributed by atoms with Crippen molar-refractivity contribution in [3.63, 3.8) is 0 Å². The van der Waals surface area contributed by atoms with Crippen LogP contribution in [-0.2, 0) is 11.5 Å². The van der Waals surface area contributed by atoms with Gasteiger partial charge in [0.15, 0.2) is 17.2 Å². The first-order valence-electron chi connectivity index (χ1n) is 8.85. The van der Waals surface area contributed by atoms with Crippen LogP contribution < -0.4 is 24.0 Å². The lowest BCUT2D eigenvalue weighted by molar-refractivity contribution is -0.194. The van der Waals surface area contributed by atoms with E-state index in [9.17, 15) is 0 Å². The van der Waals surface area contributed by atoms with Gasteiger partial charge in [-0.25, -0.2) is 9.97 Å². The SMILES string of the molecule is CCN(c1ccc2c(c1)OOC2)c1ncnc2c(OC)c(OC)c(OC)cc12. The third-order valence-electron chi connectivity index (χ3n) is 4.71. The van der Waals surface area contributed by atoms with Gasteiger partial charge in [-0.2, -0.15) is 4.89 Å². The highest BCUT2D eigenvalue weighted by molar-refractivity contribution is 5.98. The topological polar surface area (TPSA) is 75.2 Å². The molecule has 8 nitrogen and oxygen atoms in total. The van der Waals surface area contributed by atoms with Gasteiger partial charge in [-0.1, -0.05) is 6.07 Å². The normalized spacial score (nSPS) is 12.4. The third kappa shape index (κ3) is 2.82. The molecule has 146 valence electrons. The summed E-state index contributed by atoms with van der Waals surface area (Å²) in [5.41, 5.74) is 2.59. The maximum atomic E-state index is 5.58. The minimum Gasteiger partial charge on any atom is -0.493 e. The number of rotatable bonds is 6. The number of fused-ring (bicyclic) bond motifs is 2. The molecule has 0 unspecified atom stereocenters. The number of hydrogen-bond acceptors (Lipinski definition) is 8. The van der Waals surface area contributed by atoms with E-state index < -0.39 is 0 Å². The van der Waals surface area contributed by atoms with E-state index >= 15 is 0 Å². The Morgan fingerprint density at radius 3 is 2.57 bits per heavy atom. The lowest BCUT2D eigenvalue weighted by Gasteiger charge is -2.24. The van der Waals surface area contributed by atoms with Crippen molar-refractivity contribution in [1.82, 2.24) is 9.97 Å². The second-order valence-corrected chi connectivity index (χ2v) is 6.12. The number of hydrogen-bond donors (Lipinski definition) is 0. The number of benzene rings is 2. The largest absolute Gasteiger partial charge is 0.493 e. The number of methoxy groups -OCH3 is 3. The average molecular weight is 383 g/mol. The lowest BCUT2D eigenvalue weighted by atomic mass is 10.1. The second kappa shape index (κ2) is 7.40. The van der Waals surface area contributed by atoms with Gasteiger partial charge in [-0.05, 0) is 19.1 Å². The first kappa shape index (κ1) is 18.1. The van der Waals surface area contributed by atoms with Crippen LogP contribution in [0, 0.1) is 0 Å². The smallest absolute Gasteiger partial charge is 0.205 e. The third-order valence-corrected chi connectivity index (χ3v) is 4.71. The van der Waals surface area contributed by atoms with Gasteiger partial charge in [0.25, 0.3) is 0 Å². The fourth-order valence-electron chi connectivity index (χ4n) is 3.38. The summed E-state index contributed by atoms with van der Waals surface area (Å²) in [6, 6.07) is 7.82. The summed E-state index contributed by atoms with van der Waals surface area (Å²) < 4.78 is 16.6. The minimum atomic E-state index is 0.451. The van der Waals surface area contributed by atoms with E-state index in [-0.39, 0.29) is 0 Å². The molecule has 4 rings (SSSR count). The zero-order valence-corrected chi connectivity index (χ0v) is 16.2. The Hall–Kier alpha value is -3.26. The minimum absolute atomic E-state index is 0.451. The van der Waals surface area contributed by atoms with Crippen molar-refractivity contribution in [2.24, 2.45) is 0 Å². The molecule has 0 aliphatic carbocycles. The van der Waals surface area contributed by atoms with E-state index in [0.29, 0.717) is 41.7 Å². The van der Waals surface area contributed by atoms with Gasteiger partial charge in [0, 0.05) is 23.9 Å². The van der Waals surface area contributed by atoms with Crippen molar-refractivity contribution in [1.29, 1.82) is 0 Å². The van der Waals surface area contributed by atoms with Crippen molar-refractivity contribution in [2.75, 3.05) is 32.8 Å². The first-order valence-corrected chi connectivity index (χ1v) is 8.85. The van der Waals surface area contributed by atoms with Gasteiger partial charge < -0.3 is 24.0 Å². The molecule has 2 heterocycles. The molecule has 0 saturated heterocycles.